The molecule has 1 heterocycles. The third kappa shape index (κ3) is 2.55. The number of rotatable bonds is 3. The third-order valence-corrected chi connectivity index (χ3v) is 4.75. The number of nitrogens with one attached hydrogen (secondary N) is 1. The molecule has 2 fully saturated rings. The summed E-state index contributed by atoms with van der Waals surface area (Å²) in [6, 6.07) is 5.85. The Morgan fingerprint density at radius 2 is 1.76 bits per heavy atom. The monoisotopic (exact) mass is 286 g/mol. The van der Waals surface area contributed by atoms with Gasteiger partial charge in [0.15, 0.2) is 0 Å². The highest BCUT2D eigenvalue weighted by Gasteiger charge is 2.58. The van der Waals surface area contributed by atoms with Gasteiger partial charge in [0, 0.05) is 18.8 Å². The Balaban J connectivity index is 1.72. The number of anilines is 1. The number of hydrogen-bond acceptors (Lipinski definition) is 2. The fourth-order valence-corrected chi connectivity index (χ4v) is 2.96. The van der Waals surface area contributed by atoms with Crippen LogP contribution in [0.3, 0.4) is 0 Å². The summed E-state index contributed by atoms with van der Waals surface area (Å²) in [6.45, 7) is 5.67. The summed E-state index contributed by atoms with van der Waals surface area (Å²) in [5.74, 6) is -0.107. The van der Waals surface area contributed by atoms with E-state index in [4.69, 9.17) is 0 Å². The van der Waals surface area contributed by atoms with Crippen LogP contribution in [0.4, 0.5) is 5.69 Å². The van der Waals surface area contributed by atoms with Gasteiger partial charge in [0.05, 0.1) is 0 Å². The number of likely N-dealkylation sites (tertiary alicyclic amines) is 1. The standard InChI is InChI=1S/C17H22N2O2/c1-12-5-6-14(11-13(12)2)18-15(20)17(7-8-17)16(21)19-9-3-4-10-19/h5-6,11H,3-4,7-10H2,1-2H3,(H,18,20). The predicted molar refractivity (Wildman–Crippen MR) is 82.0 cm³/mol. The second-order valence-electron chi connectivity index (χ2n) is 6.33. The van der Waals surface area contributed by atoms with E-state index in [-0.39, 0.29) is 11.8 Å². The van der Waals surface area contributed by atoms with Crippen molar-refractivity contribution in [2.45, 2.75) is 39.5 Å². The van der Waals surface area contributed by atoms with Gasteiger partial charge in [0.1, 0.15) is 5.41 Å². The lowest BCUT2D eigenvalue weighted by molar-refractivity contribution is -0.141. The number of carbonyl (C=O) groups is 2. The number of benzene rings is 1. The van der Waals surface area contributed by atoms with E-state index in [1.807, 2.05) is 36.9 Å². The summed E-state index contributed by atoms with van der Waals surface area (Å²) < 4.78 is 0. The molecule has 0 atom stereocenters. The second kappa shape index (κ2) is 5.17. The molecule has 0 spiro atoms. The van der Waals surface area contributed by atoms with Crippen LogP contribution in [0, 0.1) is 19.3 Å². The Morgan fingerprint density at radius 3 is 2.33 bits per heavy atom. The van der Waals surface area contributed by atoms with Crippen LogP contribution >= 0.6 is 0 Å². The number of amides is 2. The minimum atomic E-state index is -0.789. The average molecular weight is 286 g/mol. The number of aryl methyl sites for hydroxylation is 2. The van der Waals surface area contributed by atoms with E-state index >= 15 is 0 Å². The molecule has 4 heteroatoms. The van der Waals surface area contributed by atoms with Crippen molar-refractivity contribution < 1.29 is 9.59 Å². The third-order valence-electron chi connectivity index (χ3n) is 4.75. The van der Waals surface area contributed by atoms with E-state index < -0.39 is 5.41 Å². The van der Waals surface area contributed by atoms with Gasteiger partial charge in [-0.05, 0) is 62.8 Å². The van der Waals surface area contributed by atoms with E-state index in [2.05, 4.69) is 5.32 Å². The number of carbonyl (C=O) groups excluding carboxylic acids is 2. The highest BCUT2D eigenvalue weighted by Crippen LogP contribution is 2.48. The molecule has 1 aliphatic carbocycles. The van der Waals surface area contributed by atoms with Crippen LogP contribution in [-0.4, -0.2) is 29.8 Å². The average Bonchev–Trinajstić information content (AvgIpc) is 3.10. The first-order chi connectivity index (χ1) is 10.0. The van der Waals surface area contributed by atoms with E-state index in [1.165, 1.54) is 5.56 Å². The molecule has 0 bridgehead atoms. The van der Waals surface area contributed by atoms with E-state index in [1.54, 1.807) is 0 Å². The SMILES string of the molecule is Cc1ccc(NC(=O)C2(C(=O)N3CCCC3)CC2)cc1C. The maximum absolute atomic E-state index is 12.5. The molecule has 1 aromatic rings. The van der Waals surface area contributed by atoms with Crippen molar-refractivity contribution in [1.29, 1.82) is 0 Å². The number of hydrogen-bond donors (Lipinski definition) is 1. The second-order valence-corrected chi connectivity index (χ2v) is 6.33. The number of nitrogens with zero attached hydrogens (tertiary/aromatic N) is 1. The lowest BCUT2D eigenvalue weighted by Gasteiger charge is -2.22. The topological polar surface area (TPSA) is 49.4 Å². The lowest BCUT2D eigenvalue weighted by atomic mass is 10.0. The van der Waals surface area contributed by atoms with Gasteiger partial charge in [0.25, 0.3) is 0 Å². The molecule has 0 radical (unpaired) electrons. The lowest BCUT2D eigenvalue weighted by Crippen LogP contribution is -2.41. The minimum Gasteiger partial charge on any atom is -0.342 e. The summed E-state index contributed by atoms with van der Waals surface area (Å²) in [4.78, 5) is 26.9. The smallest absolute Gasteiger partial charge is 0.240 e. The van der Waals surface area contributed by atoms with Crippen LogP contribution in [0.2, 0.25) is 0 Å². The molecule has 3 rings (SSSR count). The van der Waals surface area contributed by atoms with Gasteiger partial charge < -0.3 is 10.2 Å². The van der Waals surface area contributed by atoms with Crippen LogP contribution in [0.5, 0.6) is 0 Å². The first kappa shape index (κ1) is 14.1. The molecule has 2 aliphatic rings. The molecule has 1 N–H and O–H groups in total. The van der Waals surface area contributed by atoms with Crippen molar-refractivity contribution >= 4 is 17.5 Å². The quantitative estimate of drug-likeness (QED) is 0.868. The van der Waals surface area contributed by atoms with Crippen molar-refractivity contribution in [2.75, 3.05) is 18.4 Å². The van der Waals surface area contributed by atoms with Crippen molar-refractivity contribution in [3.05, 3.63) is 29.3 Å². The fourth-order valence-electron chi connectivity index (χ4n) is 2.96. The van der Waals surface area contributed by atoms with Crippen LogP contribution in [0.25, 0.3) is 0 Å². The predicted octanol–water partition coefficient (Wildman–Crippen LogP) is 2.64. The van der Waals surface area contributed by atoms with Gasteiger partial charge in [-0.25, -0.2) is 0 Å². The highest BCUT2D eigenvalue weighted by molar-refractivity contribution is 6.13. The van der Waals surface area contributed by atoms with Gasteiger partial charge in [0.2, 0.25) is 11.8 Å². The summed E-state index contributed by atoms with van der Waals surface area (Å²) in [7, 11) is 0. The summed E-state index contributed by atoms with van der Waals surface area (Å²) in [6.07, 6.45) is 3.47. The Labute approximate surface area is 125 Å². The zero-order valence-electron chi connectivity index (χ0n) is 12.7. The molecule has 1 saturated carbocycles. The molecule has 21 heavy (non-hydrogen) atoms. The molecule has 4 nitrogen and oxygen atoms in total. The molecule has 1 aliphatic heterocycles. The maximum Gasteiger partial charge on any atom is 0.240 e. The van der Waals surface area contributed by atoms with Crippen LogP contribution in [0.15, 0.2) is 18.2 Å². The van der Waals surface area contributed by atoms with Crippen LogP contribution < -0.4 is 5.32 Å². The van der Waals surface area contributed by atoms with E-state index in [0.717, 1.165) is 37.2 Å². The molecule has 1 aromatic carbocycles. The maximum atomic E-state index is 12.5. The van der Waals surface area contributed by atoms with Crippen molar-refractivity contribution in [3.63, 3.8) is 0 Å². The zero-order chi connectivity index (χ0) is 15.0. The molecule has 2 amide bonds. The first-order valence-electron chi connectivity index (χ1n) is 7.71. The van der Waals surface area contributed by atoms with Gasteiger partial charge >= 0.3 is 0 Å². The van der Waals surface area contributed by atoms with Gasteiger partial charge in [-0.1, -0.05) is 6.07 Å². The fraction of sp³-hybridized carbons (Fsp3) is 0.529. The van der Waals surface area contributed by atoms with Crippen LogP contribution in [0.1, 0.15) is 36.8 Å². The van der Waals surface area contributed by atoms with Crippen molar-refractivity contribution in [1.82, 2.24) is 4.90 Å². The Bertz CT molecular complexity index is 584. The zero-order valence-corrected chi connectivity index (χ0v) is 12.7. The Kier molecular flexibility index (Phi) is 3.47. The molecule has 0 unspecified atom stereocenters. The Hall–Kier alpha value is -1.84. The minimum absolute atomic E-state index is 0.0290. The molecular weight excluding hydrogens is 264 g/mol. The molecule has 0 aromatic heterocycles. The summed E-state index contributed by atoms with van der Waals surface area (Å²) in [5.41, 5.74) is 2.33. The highest BCUT2D eigenvalue weighted by atomic mass is 16.2. The van der Waals surface area contributed by atoms with Gasteiger partial charge in [-0.15, -0.1) is 0 Å². The first-order valence-corrected chi connectivity index (χ1v) is 7.71. The molecule has 112 valence electrons. The molecule has 1 saturated heterocycles. The van der Waals surface area contributed by atoms with Crippen molar-refractivity contribution in [3.8, 4) is 0 Å². The van der Waals surface area contributed by atoms with Crippen LogP contribution in [-0.2, 0) is 9.59 Å². The summed E-state index contributed by atoms with van der Waals surface area (Å²) >= 11 is 0. The van der Waals surface area contributed by atoms with E-state index in [9.17, 15) is 9.59 Å². The van der Waals surface area contributed by atoms with E-state index in [0.29, 0.717) is 12.8 Å². The summed E-state index contributed by atoms with van der Waals surface area (Å²) in [5, 5.41) is 2.93. The van der Waals surface area contributed by atoms with Gasteiger partial charge in [-0.2, -0.15) is 0 Å². The van der Waals surface area contributed by atoms with Crippen molar-refractivity contribution in [2.24, 2.45) is 5.41 Å². The Morgan fingerprint density at radius 1 is 1.10 bits per heavy atom. The van der Waals surface area contributed by atoms with Gasteiger partial charge in [-0.3, -0.25) is 9.59 Å². The largest absolute Gasteiger partial charge is 0.342 e. The normalized spacial score (nSPS) is 19.4. The molecular formula is C17H22N2O2.